The molecule has 3 aliphatic rings. The second kappa shape index (κ2) is 4.55. The fourth-order valence-corrected chi connectivity index (χ4v) is 2.68. The van der Waals surface area contributed by atoms with Crippen LogP contribution in [0.25, 0.3) is 10.4 Å². The number of esters is 1. The summed E-state index contributed by atoms with van der Waals surface area (Å²) in [5, 5.41) is 3.61. The molecule has 0 aromatic heterocycles. The van der Waals surface area contributed by atoms with Gasteiger partial charge in [-0.25, -0.2) is 0 Å². The van der Waals surface area contributed by atoms with Gasteiger partial charge in [0.1, 0.15) is 0 Å². The smallest absolute Gasteiger partial charge is 0.314 e. The van der Waals surface area contributed by atoms with Gasteiger partial charge >= 0.3 is 5.97 Å². The molecule has 0 N–H and O–H groups in total. The highest BCUT2D eigenvalue weighted by molar-refractivity contribution is 5.77. The maximum Gasteiger partial charge on any atom is 0.314 e. The lowest BCUT2D eigenvalue weighted by molar-refractivity contribution is -0.202. The van der Waals surface area contributed by atoms with E-state index in [2.05, 4.69) is 10.0 Å². The second-order valence-electron chi connectivity index (χ2n) is 4.86. The number of nitrogens with zero attached hydrogens (tertiary/aromatic N) is 3. The lowest BCUT2D eigenvalue weighted by atomic mass is 9.66. The summed E-state index contributed by atoms with van der Waals surface area (Å²) in [6, 6.07) is 0. The average molecular weight is 239 g/mol. The van der Waals surface area contributed by atoms with Crippen molar-refractivity contribution in [1.82, 2.24) is 0 Å². The second-order valence-corrected chi connectivity index (χ2v) is 4.86. The first-order chi connectivity index (χ1) is 8.16. The summed E-state index contributed by atoms with van der Waals surface area (Å²) >= 11 is 0. The highest BCUT2D eigenvalue weighted by atomic mass is 16.5. The van der Waals surface area contributed by atoms with Gasteiger partial charge in [-0.15, -0.1) is 0 Å². The Morgan fingerprint density at radius 2 is 2.18 bits per heavy atom. The van der Waals surface area contributed by atoms with E-state index in [1.165, 1.54) is 0 Å². The first-order valence-corrected chi connectivity index (χ1v) is 5.98. The van der Waals surface area contributed by atoms with Crippen LogP contribution in [-0.2, 0) is 14.3 Å². The van der Waals surface area contributed by atoms with E-state index in [9.17, 15) is 4.79 Å². The van der Waals surface area contributed by atoms with Crippen molar-refractivity contribution >= 4 is 5.97 Å². The van der Waals surface area contributed by atoms with Crippen molar-refractivity contribution in [1.29, 1.82) is 0 Å². The van der Waals surface area contributed by atoms with Gasteiger partial charge in [0.05, 0.1) is 30.8 Å². The molecule has 2 aliphatic heterocycles. The van der Waals surface area contributed by atoms with Crippen LogP contribution < -0.4 is 0 Å². The van der Waals surface area contributed by atoms with Crippen LogP contribution in [0.1, 0.15) is 32.6 Å². The van der Waals surface area contributed by atoms with Crippen LogP contribution in [0.15, 0.2) is 5.11 Å². The summed E-state index contributed by atoms with van der Waals surface area (Å²) in [6.07, 6.45) is 3.08. The monoisotopic (exact) mass is 239 g/mol. The number of hydrogen-bond acceptors (Lipinski definition) is 4. The number of rotatable bonds is 4. The van der Waals surface area contributed by atoms with Crippen molar-refractivity contribution in [3.63, 3.8) is 0 Å². The van der Waals surface area contributed by atoms with Gasteiger partial charge in [-0.05, 0) is 38.1 Å². The highest BCUT2D eigenvalue weighted by Gasteiger charge is 2.54. The summed E-state index contributed by atoms with van der Waals surface area (Å²) in [7, 11) is 0. The topological polar surface area (TPSA) is 84.3 Å². The number of carbonyl (C=O) groups excluding carboxylic acids is 1. The SMILES string of the molecule is CCOC(=O)C12CCC(CN=[N+]=[N-])(CC1)OC2. The Morgan fingerprint density at radius 1 is 1.47 bits per heavy atom. The maximum absolute atomic E-state index is 11.9. The minimum absolute atomic E-state index is 0.142. The van der Waals surface area contributed by atoms with Gasteiger partial charge in [0, 0.05) is 4.91 Å². The van der Waals surface area contributed by atoms with E-state index < -0.39 is 5.41 Å². The first-order valence-electron chi connectivity index (χ1n) is 5.98. The third-order valence-electron chi connectivity index (χ3n) is 3.90. The Hall–Kier alpha value is -1.26. The summed E-state index contributed by atoms with van der Waals surface area (Å²) in [5.74, 6) is -0.142. The zero-order valence-electron chi connectivity index (χ0n) is 10.0. The first kappa shape index (κ1) is 12.2. The van der Waals surface area contributed by atoms with Gasteiger partial charge < -0.3 is 9.47 Å². The molecule has 3 fully saturated rings. The molecule has 0 aromatic carbocycles. The molecule has 6 heteroatoms. The predicted octanol–water partition coefficient (Wildman–Crippen LogP) is 2.19. The van der Waals surface area contributed by atoms with E-state index in [-0.39, 0.29) is 11.6 Å². The van der Waals surface area contributed by atoms with Crippen LogP contribution in [0, 0.1) is 5.41 Å². The lowest BCUT2D eigenvalue weighted by Crippen LogP contribution is -2.56. The molecule has 1 saturated carbocycles. The van der Waals surface area contributed by atoms with Gasteiger partial charge in [-0.3, -0.25) is 4.79 Å². The van der Waals surface area contributed by atoms with Crippen LogP contribution >= 0.6 is 0 Å². The third kappa shape index (κ3) is 2.10. The molecule has 0 atom stereocenters. The van der Waals surface area contributed by atoms with E-state index in [1.807, 2.05) is 6.92 Å². The molecule has 94 valence electrons. The van der Waals surface area contributed by atoms with E-state index in [1.54, 1.807) is 0 Å². The molecule has 0 spiro atoms. The van der Waals surface area contributed by atoms with Gasteiger partial charge in [0.2, 0.25) is 0 Å². The van der Waals surface area contributed by atoms with Gasteiger partial charge in [0.25, 0.3) is 0 Å². The van der Waals surface area contributed by atoms with Gasteiger partial charge in [0.15, 0.2) is 0 Å². The Bertz CT molecular complexity index is 338. The van der Waals surface area contributed by atoms with Crippen LogP contribution in [0.2, 0.25) is 0 Å². The van der Waals surface area contributed by atoms with Crippen LogP contribution in [-0.4, -0.2) is 31.3 Å². The van der Waals surface area contributed by atoms with E-state index in [4.69, 9.17) is 15.0 Å². The van der Waals surface area contributed by atoms with Gasteiger partial charge in [-0.1, -0.05) is 5.11 Å². The van der Waals surface area contributed by atoms with Crippen molar-refractivity contribution < 1.29 is 14.3 Å². The third-order valence-corrected chi connectivity index (χ3v) is 3.90. The Balaban J connectivity index is 2.04. The van der Waals surface area contributed by atoms with Crippen molar-refractivity contribution in [2.45, 2.75) is 38.2 Å². The summed E-state index contributed by atoms with van der Waals surface area (Å²) in [4.78, 5) is 14.7. The molecule has 6 nitrogen and oxygen atoms in total. The van der Waals surface area contributed by atoms with E-state index >= 15 is 0 Å². The fourth-order valence-electron chi connectivity index (χ4n) is 2.68. The molecule has 2 saturated heterocycles. The minimum atomic E-state index is -0.450. The average Bonchev–Trinajstić information content (AvgIpc) is 2.39. The number of fused-ring (bicyclic) bond motifs is 3. The molecule has 17 heavy (non-hydrogen) atoms. The van der Waals surface area contributed by atoms with Crippen molar-refractivity contribution in [3.8, 4) is 0 Å². The molecule has 0 aromatic rings. The molecule has 0 amide bonds. The minimum Gasteiger partial charge on any atom is -0.465 e. The summed E-state index contributed by atoms with van der Waals surface area (Å²) in [6.45, 7) is 2.98. The maximum atomic E-state index is 11.9. The molecule has 3 rings (SSSR count). The summed E-state index contributed by atoms with van der Waals surface area (Å²) in [5.41, 5.74) is 7.57. The Morgan fingerprint density at radius 3 is 2.65 bits per heavy atom. The van der Waals surface area contributed by atoms with Crippen molar-refractivity contribution in [3.05, 3.63) is 10.4 Å². The molecule has 0 unspecified atom stereocenters. The number of azide groups is 1. The number of ether oxygens (including phenoxy) is 2. The van der Waals surface area contributed by atoms with Crippen LogP contribution in [0.4, 0.5) is 0 Å². The fraction of sp³-hybridized carbons (Fsp3) is 0.909. The van der Waals surface area contributed by atoms with Gasteiger partial charge in [-0.2, -0.15) is 0 Å². The van der Waals surface area contributed by atoms with Crippen molar-refractivity contribution in [2.24, 2.45) is 10.5 Å². The van der Waals surface area contributed by atoms with E-state index in [0.29, 0.717) is 19.8 Å². The molecular formula is C11H17N3O3. The van der Waals surface area contributed by atoms with Crippen LogP contribution in [0.5, 0.6) is 0 Å². The molecular weight excluding hydrogens is 222 g/mol. The number of carbonyl (C=O) groups is 1. The zero-order valence-corrected chi connectivity index (χ0v) is 10.0. The zero-order chi connectivity index (χ0) is 12.4. The quantitative estimate of drug-likeness (QED) is 0.326. The molecule has 0 radical (unpaired) electrons. The van der Waals surface area contributed by atoms with E-state index in [0.717, 1.165) is 25.7 Å². The number of hydrogen-bond donors (Lipinski definition) is 0. The molecule has 1 aliphatic carbocycles. The predicted molar refractivity (Wildman–Crippen MR) is 60.2 cm³/mol. The molecule has 2 bridgehead atoms. The Labute approximate surface area is 99.9 Å². The lowest BCUT2D eigenvalue weighted by Gasteiger charge is -2.51. The summed E-state index contributed by atoms with van der Waals surface area (Å²) < 4.78 is 10.9. The Kier molecular flexibility index (Phi) is 3.26. The largest absolute Gasteiger partial charge is 0.465 e. The standard InChI is InChI=1S/C11H17N3O3/c1-2-16-9(15)10-3-5-11(6-4-10,17-8-10)7-13-14-12/h2-8H2,1H3. The van der Waals surface area contributed by atoms with Crippen LogP contribution in [0.3, 0.4) is 0 Å². The molecule has 2 heterocycles. The van der Waals surface area contributed by atoms with Crippen molar-refractivity contribution in [2.75, 3.05) is 19.8 Å². The normalized spacial score (nSPS) is 35.1. The highest BCUT2D eigenvalue weighted by Crippen LogP contribution is 2.49.